The van der Waals surface area contributed by atoms with E-state index in [0.29, 0.717) is 6.54 Å². The van der Waals surface area contributed by atoms with Gasteiger partial charge in [0.1, 0.15) is 0 Å². The fraction of sp³-hybridized carbons (Fsp3) is 0.929. The van der Waals surface area contributed by atoms with E-state index < -0.39 is 0 Å². The highest BCUT2D eigenvalue weighted by Crippen LogP contribution is 2.13. The van der Waals surface area contributed by atoms with Crippen molar-refractivity contribution in [3.8, 4) is 0 Å². The molecule has 0 bridgehead atoms. The van der Waals surface area contributed by atoms with Gasteiger partial charge < -0.3 is 10.6 Å². The maximum Gasteiger partial charge on any atom is 0.234 e. The lowest BCUT2D eigenvalue weighted by Crippen LogP contribution is -2.43. The zero-order valence-electron chi connectivity index (χ0n) is 12.2. The Hall–Kier alpha value is -0.610. The van der Waals surface area contributed by atoms with Gasteiger partial charge in [0.05, 0.1) is 6.54 Å². The van der Waals surface area contributed by atoms with Crippen LogP contribution in [-0.2, 0) is 4.79 Å². The van der Waals surface area contributed by atoms with Crippen molar-refractivity contribution >= 4 is 5.91 Å². The highest BCUT2D eigenvalue weighted by Gasteiger charge is 2.18. The number of nitrogens with one attached hydrogen (secondary N) is 2. The summed E-state index contributed by atoms with van der Waals surface area (Å²) in [5, 5.41) is 6.42. The summed E-state index contributed by atoms with van der Waals surface area (Å²) in [4.78, 5) is 14.1. The minimum absolute atomic E-state index is 0.167. The molecule has 1 saturated heterocycles. The molecule has 0 radical (unpaired) electrons. The largest absolute Gasteiger partial charge is 0.353 e. The molecule has 0 aromatic heterocycles. The van der Waals surface area contributed by atoms with Gasteiger partial charge >= 0.3 is 0 Å². The predicted octanol–water partition coefficient (Wildman–Crippen LogP) is 1.22. The molecule has 1 fully saturated rings. The molecule has 2 N–H and O–H groups in total. The molecular weight excluding hydrogens is 226 g/mol. The van der Waals surface area contributed by atoms with Gasteiger partial charge in [0, 0.05) is 12.6 Å². The molecule has 0 aromatic rings. The molecule has 0 saturated carbocycles. The monoisotopic (exact) mass is 255 g/mol. The summed E-state index contributed by atoms with van der Waals surface area (Å²) in [5.74, 6) is 0.919. The van der Waals surface area contributed by atoms with E-state index in [9.17, 15) is 4.79 Å². The zero-order chi connectivity index (χ0) is 13.4. The molecule has 18 heavy (non-hydrogen) atoms. The van der Waals surface area contributed by atoms with Crippen molar-refractivity contribution in [1.29, 1.82) is 0 Å². The van der Waals surface area contributed by atoms with Crippen LogP contribution >= 0.6 is 0 Å². The molecule has 1 aliphatic heterocycles. The van der Waals surface area contributed by atoms with Gasteiger partial charge in [-0.05, 0) is 51.7 Å². The van der Waals surface area contributed by atoms with E-state index in [1.807, 2.05) is 0 Å². The second-order valence-electron chi connectivity index (χ2n) is 5.40. The standard InChI is InChI=1S/C14H29N3O/c1-4-12(3)16-14(18)11-17(5-2)10-13-6-8-15-9-7-13/h12-13,15H,4-11H2,1-3H3,(H,16,18). The number of nitrogens with zero attached hydrogens (tertiary/aromatic N) is 1. The number of carbonyl (C=O) groups is 1. The van der Waals surface area contributed by atoms with Gasteiger partial charge in [-0.15, -0.1) is 0 Å². The van der Waals surface area contributed by atoms with Crippen LogP contribution in [0.1, 0.15) is 40.0 Å². The highest BCUT2D eigenvalue weighted by atomic mass is 16.2. The van der Waals surface area contributed by atoms with Crippen molar-refractivity contribution in [3.05, 3.63) is 0 Å². The van der Waals surface area contributed by atoms with E-state index in [1.54, 1.807) is 0 Å². The van der Waals surface area contributed by atoms with Crippen LogP contribution in [0.15, 0.2) is 0 Å². The Morgan fingerprint density at radius 1 is 1.39 bits per heavy atom. The van der Waals surface area contributed by atoms with E-state index in [2.05, 4.69) is 36.3 Å². The molecule has 4 nitrogen and oxygen atoms in total. The Labute approximate surface area is 111 Å². The van der Waals surface area contributed by atoms with E-state index in [-0.39, 0.29) is 11.9 Å². The normalized spacial score (nSPS) is 18.9. The summed E-state index contributed by atoms with van der Waals surface area (Å²) in [6.45, 7) is 11.1. The molecule has 106 valence electrons. The third-order valence-electron chi connectivity index (χ3n) is 3.81. The average molecular weight is 255 g/mol. The third kappa shape index (κ3) is 5.83. The Kier molecular flexibility index (Phi) is 7.28. The number of amides is 1. The van der Waals surface area contributed by atoms with Crippen LogP contribution in [0.25, 0.3) is 0 Å². The van der Waals surface area contributed by atoms with E-state index >= 15 is 0 Å². The van der Waals surface area contributed by atoms with E-state index in [4.69, 9.17) is 0 Å². The first-order valence-electron chi connectivity index (χ1n) is 7.38. The highest BCUT2D eigenvalue weighted by molar-refractivity contribution is 5.78. The third-order valence-corrected chi connectivity index (χ3v) is 3.81. The van der Waals surface area contributed by atoms with Gasteiger partial charge in [-0.2, -0.15) is 0 Å². The number of hydrogen-bond acceptors (Lipinski definition) is 3. The van der Waals surface area contributed by atoms with Crippen LogP contribution in [0.4, 0.5) is 0 Å². The zero-order valence-corrected chi connectivity index (χ0v) is 12.2. The van der Waals surface area contributed by atoms with Crippen LogP contribution < -0.4 is 10.6 Å². The Balaban J connectivity index is 2.29. The molecule has 1 unspecified atom stereocenters. The topological polar surface area (TPSA) is 44.4 Å². The van der Waals surface area contributed by atoms with E-state index in [1.165, 1.54) is 12.8 Å². The summed E-state index contributed by atoms with van der Waals surface area (Å²) in [5.41, 5.74) is 0. The molecule has 1 heterocycles. The van der Waals surface area contributed by atoms with Crippen molar-refractivity contribution in [2.24, 2.45) is 5.92 Å². The number of piperidine rings is 1. The van der Waals surface area contributed by atoms with Crippen molar-refractivity contribution in [2.75, 3.05) is 32.7 Å². The Bertz CT molecular complexity index is 239. The van der Waals surface area contributed by atoms with Gasteiger partial charge in [0.15, 0.2) is 0 Å². The van der Waals surface area contributed by atoms with Crippen LogP contribution in [0.2, 0.25) is 0 Å². The molecule has 0 aromatic carbocycles. The van der Waals surface area contributed by atoms with Gasteiger partial charge in [-0.1, -0.05) is 13.8 Å². The summed E-state index contributed by atoms with van der Waals surface area (Å²) < 4.78 is 0. The predicted molar refractivity (Wildman–Crippen MR) is 75.6 cm³/mol. The van der Waals surface area contributed by atoms with Crippen molar-refractivity contribution < 1.29 is 4.79 Å². The van der Waals surface area contributed by atoms with Crippen LogP contribution in [-0.4, -0.2) is 49.6 Å². The molecule has 4 heteroatoms. The molecular formula is C14H29N3O. The maximum atomic E-state index is 11.9. The van der Waals surface area contributed by atoms with Gasteiger partial charge in [0.25, 0.3) is 0 Å². The first kappa shape index (κ1) is 15.4. The van der Waals surface area contributed by atoms with E-state index in [0.717, 1.165) is 38.5 Å². The smallest absolute Gasteiger partial charge is 0.234 e. The molecule has 1 atom stereocenters. The second kappa shape index (κ2) is 8.48. The molecule has 1 amide bonds. The molecule has 1 rings (SSSR count). The first-order chi connectivity index (χ1) is 8.65. The lowest BCUT2D eigenvalue weighted by molar-refractivity contribution is -0.123. The van der Waals surface area contributed by atoms with Gasteiger partial charge in [-0.3, -0.25) is 9.69 Å². The fourth-order valence-corrected chi connectivity index (χ4v) is 2.36. The lowest BCUT2D eigenvalue weighted by atomic mass is 9.97. The van der Waals surface area contributed by atoms with Crippen molar-refractivity contribution in [3.63, 3.8) is 0 Å². The average Bonchev–Trinajstić information content (AvgIpc) is 2.38. The van der Waals surface area contributed by atoms with Crippen molar-refractivity contribution in [2.45, 2.75) is 46.1 Å². The molecule has 1 aliphatic rings. The molecule has 0 aliphatic carbocycles. The first-order valence-corrected chi connectivity index (χ1v) is 7.38. The van der Waals surface area contributed by atoms with Gasteiger partial charge in [-0.25, -0.2) is 0 Å². The van der Waals surface area contributed by atoms with Crippen LogP contribution in [0, 0.1) is 5.92 Å². The lowest BCUT2D eigenvalue weighted by Gasteiger charge is -2.29. The number of likely N-dealkylation sites (N-methyl/N-ethyl adjacent to an activating group) is 1. The minimum atomic E-state index is 0.167. The fourth-order valence-electron chi connectivity index (χ4n) is 2.36. The summed E-state index contributed by atoms with van der Waals surface area (Å²) in [6.07, 6.45) is 3.47. The number of carbonyl (C=O) groups excluding carboxylic acids is 1. The summed E-state index contributed by atoms with van der Waals surface area (Å²) in [6, 6.07) is 0.287. The maximum absolute atomic E-state index is 11.9. The van der Waals surface area contributed by atoms with Crippen LogP contribution in [0.3, 0.4) is 0 Å². The second-order valence-corrected chi connectivity index (χ2v) is 5.40. The summed E-state index contributed by atoms with van der Waals surface area (Å²) >= 11 is 0. The Morgan fingerprint density at radius 3 is 2.61 bits per heavy atom. The SMILES string of the molecule is CCC(C)NC(=O)CN(CC)CC1CCNCC1. The van der Waals surface area contributed by atoms with Gasteiger partial charge in [0.2, 0.25) is 5.91 Å². The number of hydrogen-bond donors (Lipinski definition) is 2. The quantitative estimate of drug-likeness (QED) is 0.719. The number of rotatable bonds is 7. The summed E-state index contributed by atoms with van der Waals surface area (Å²) in [7, 11) is 0. The minimum Gasteiger partial charge on any atom is -0.353 e. The molecule has 0 spiro atoms. The van der Waals surface area contributed by atoms with Crippen molar-refractivity contribution in [1.82, 2.24) is 15.5 Å². The van der Waals surface area contributed by atoms with Crippen LogP contribution in [0.5, 0.6) is 0 Å². The Morgan fingerprint density at radius 2 is 2.06 bits per heavy atom.